The van der Waals surface area contributed by atoms with E-state index >= 15 is 0 Å². The van der Waals surface area contributed by atoms with E-state index in [4.69, 9.17) is 4.74 Å². The Bertz CT molecular complexity index is 497. The first-order valence-electron chi connectivity index (χ1n) is 7.49. The number of anilines is 1. The fraction of sp³-hybridized carbons (Fsp3) is 0.562. The minimum absolute atomic E-state index is 0.144. The summed E-state index contributed by atoms with van der Waals surface area (Å²) >= 11 is 0. The van der Waals surface area contributed by atoms with Gasteiger partial charge >= 0.3 is 6.03 Å². The summed E-state index contributed by atoms with van der Waals surface area (Å²) in [5.41, 5.74) is 4.39. The van der Waals surface area contributed by atoms with Crippen LogP contribution in [0.1, 0.15) is 16.7 Å². The van der Waals surface area contributed by atoms with E-state index in [0.717, 1.165) is 44.1 Å². The maximum atomic E-state index is 11.9. The van der Waals surface area contributed by atoms with Crippen molar-refractivity contribution in [3.8, 4) is 0 Å². The molecular formula is C16H25N3O2. The molecule has 1 aromatic carbocycles. The van der Waals surface area contributed by atoms with Gasteiger partial charge in [0, 0.05) is 31.9 Å². The number of rotatable bonds is 4. The number of morpholine rings is 1. The maximum Gasteiger partial charge on any atom is 0.319 e. The molecule has 0 aromatic heterocycles. The summed E-state index contributed by atoms with van der Waals surface area (Å²) in [6.07, 6.45) is 0. The normalized spacial score (nSPS) is 15.8. The van der Waals surface area contributed by atoms with Crippen LogP contribution in [0, 0.1) is 20.8 Å². The third kappa shape index (κ3) is 4.72. The second-order valence-corrected chi connectivity index (χ2v) is 5.59. The summed E-state index contributed by atoms with van der Waals surface area (Å²) < 4.78 is 5.30. The number of carbonyl (C=O) groups is 1. The van der Waals surface area contributed by atoms with Crippen LogP contribution in [0.5, 0.6) is 0 Å². The van der Waals surface area contributed by atoms with E-state index in [0.29, 0.717) is 6.54 Å². The van der Waals surface area contributed by atoms with E-state index in [1.807, 2.05) is 13.0 Å². The summed E-state index contributed by atoms with van der Waals surface area (Å²) in [5.74, 6) is 0. The smallest absolute Gasteiger partial charge is 0.319 e. The molecule has 1 heterocycles. The Morgan fingerprint density at radius 2 is 1.81 bits per heavy atom. The van der Waals surface area contributed by atoms with Crippen LogP contribution < -0.4 is 10.6 Å². The summed E-state index contributed by atoms with van der Waals surface area (Å²) in [6.45, 7) is 11.1. The Morgan fingerprint density at radius 1 is 1.14 bits per heavy atom. The molecule has 1 fully saturated rings. The number of ether oxygens (including phenoxy) is 1. The van der Waals surface area contributed by atoms with Crippen molar-refractivity contribution >= 4 is 11.7 Å². The molecule has 5 nitrogen and oxygen atoms in total. The summed E-state index contributed by atoms with van der Waals surface area (Å²) in [6, 6.07) is 3.97. The number of nitrogens with one attached hydrogen (secondary N) is 2. The van der Waals surface area contributed by atoms with E-state index in [1.165, 1.54) is 11.1 Å². The van der Waals surface area contributed by atoms with Gasteiger partial charge in [0.25, 0.3) is 0 Å². The van der Waals surface area contributed by atoms with Gasteiger partial charge in [-0.25, -0.2) is 4.79 Å². The lowest BCUT2D eigenvalue weighted by molar-refractivity contribution is 0.0388. The second kappa shape index (κ2) is 7.43. The Balaban J connectivity index is 1.77. The van der Waals surface area contributed by atoms with E-state index in [1.54, 1.807) is 0 Å². The topological polar surface area (TPSA) is 53.6 Å². The largest absolute Gasteiger partial charge is 0.379 e. The number of aryl methyl sites for hydroxylation is 3. The number of benzene rings is 1. The fourth-order valence-corrected chi connectivity index (χ4v) is 2.41. The van der Waals surface area contributed by atoms with Gasteiger partial charge in [0.15, 0.2) is 0 Å². The average Bonchev–Trinajstić information content (AvgIpc) is 2.46. The highest BCUT2D eigenvalue weighted by molar-refractivity contribution is 5.90. The molecule has 0 spiro atoms. The average molecular weight is 291 g/mol. The summed E-state index contributed by atoms with van der Waals surface area (Å²) in [4.78, 5) is 14.2. The zero-order chi connectivity index (χ0) is 15.2. The van der Waals surface area contributed by atoms with Crippen molar-refractivity contribution in [2.75, 3.05) is 44.7 Å². The quantitative estimate of drug-likeness (QED) is 0.893. The van der Waals surface area contributed by atoms with Crippen LogP contribution >= 0.6 is 0 Å². The summed E-state index contributed by atoms with van der Waals surface area (Å²) in [5, 5.41) is 5.83. The van der Waals surface area contributed by atoms with Gasteiger partial charge in [-0.05, 0) is 43.5 Å². The fourth-order valence-electron chi connectivity index (χ4n) is 2.41. The molecule has 0 unspecified atom stereocenters. The molecule has 0 atom stereocenters. The molecule has 1 aliphatic rings. The number of hydrogen-bond acceptors (Lipinski definition) is 3. The van der Waals surface area contributed by atoms with Crippen LogP contribution in [0.3, 0.4) is 0 Å². The van der Waals surface area contributed by atoms with Gasteiger partial charge in [0.1, 0.15) is 0 Å². The Labute approximate surface area is 126 Å². The standard InChI is InChI=1S/C16H25N3O2/c1-12-10-14(3)15(11-13(12)2)18-16(20)17-4-5-19-6-8-21-9-7-19/h10-11H,4-9H2,1-3H3,(H2,17,18,20). The molecule has 2 rings (SSSR count). The van der Waals surface area contributed by atoms with Gasteiger partial charge < -0.3 is 15.4 Å². The third-order valence-corrected chi connectivity index (χ3v) is 3.91. The molecule has 2 amide bonds. The van der Waals surface area contributed by atoms with Crippen LogP contribution in [0.15, 0.2) is 12.1 Å². The number of amides is 2. The van der Waals surface area contributed by atoms with E-state index in [9.17, 15) is 4.79 Å². The highest BCUT2D eigenvalue weighted by Crippen LogP contribution is 2.19. The Morgan fingerprint density at radius 3 is 2.52 bits per heavy atom. The Kier molecular flexibility index (Phi) is 5.59. The first kappa shape index (κ1) is 15.8. The van der Waals surface area contributed by atoms with E-state index in [-0.39, 0.29) is 6.03 Å². The highest BCUT2D eigenvalue weighted by Gasteiger charge is 2.10. The zero-order valence-electron chi connectivity index (χ0n) is 13.2. The summed E-state index contributed by atoms with van der Waals surface area (Å²) in [7, 11) is 0. The number of urea groups is 1. The van der Waals surface area contributed by atoms with Crippen molar-refractivity contribution in [1.29, 1.82) is 0 Å². The molecule has 2 N–H and O–H groups in total. The van der Waals surface area contributed by atoms with Gasteiger partial charge in [0.05, 0.1) is 13.2 Å². The molecule has 0 bridgehead atoms. The predicted molar refractivity (Wildman–Crippen MR) is 84.9 cm³/mol. The molecule has 21 heavy (non-hydrogen) atoms. The predicted octanol–water partition coefficient (Wildman–Crippen LogP) is 2.07. The zero-order valence-corrected chi connectivity index (χ0v) is 13.2. The third-order valence-electron chi connectivity index (χ3n) is 3.91. The van der Waals surface area contributed by atoms with Crippen molar-refractivity contribution in [3.05, 3.63) is 28.8 Å². The first-order chi connectivity index (χ1) is 10.1. The van der Waals surface area contributed by atoms with Crippen molar-refractivity contribution in [2.45, 2.75) is 20.8 Å². The molecule has 1 saturated heterocycles. The molecule has 1 aliphatic heterocycles. The molecular weight excluding hydrogens is 266 g/mol. The molecule has 1 aromatic rings. The minimum atomic E-state index is -0.144. The lowest BCUT2D eigenvalue weighted by Gasteiger charge is -2.26. The van der Waals surface area contributed by atoms with Crippen molar-refractivity contribution in [1.82, 2.24) is 10.2 Å². The van der Waals surface area contributed by atoms with Crippen LogP contribution in [0.25, 0.3) is 0 Å². The van der Waals surface area contributed by atoms with Gasteiger partial charge in [-0.1, -0.05) is 6.07 Å². The molecule has 116 valence electrons. The number of carbonyl (C=O) groups excluding carboxylic acids is 1. The van der Waals surface area contributed by atoms with E-state index < -0.39 is 0 Å². The molecule has 0 aliphatic carbocycles. The van der Waals surface area contributed by atoms with E-state index in [2.05, 4.69) is 35.4 Å². The Hall–Kier alpha value is -1.59. The van der Waals surface area contributed by atoms with Crippen LogP contribution in [-0.4, -0.2) is 50.3 Å². The number of hydrogen-bond donors (Lipinski definition) is 2. The second-order valence-electron chi connectivity index (χ2n) is 5.59. The van der Waals surface area contributed by atoms with Crippen molar-refractivity contribution < 1.29 is 9.53 Å². The minimum Gasteiger partial charge on any atom is -0.379 e. The number of nitrogens with zero attached hydrogens (tertiary/aromatic N) is 1. The lowest BCUT2D eigenvalue weighted by atomic mass is 10.1. The lowest BCUT2D eigenvalue weighted by Crippen LogP contribution is -2.42. The van der Waals surface area contributed by atoms with Gasteiger partial charge in [0.2, 0.25) is 0 Å². The highest BCUT2D eigenvalue weighted by atomic mass is 16.5. The maximum absolute atomic E-state index is 11.9. The first-order valence-corrected chi connectivity index (χ1v) is 7.49. The van der Waals surface area contributed by atoms with Gasteiger partial charge in [-0.15, -0.1) is 0 Å². The van der Waals surface area contributed by atoms with Gasteiger partial charge in [-0.3, -0.25) is 4.90 Å². The molecule has 0 saturated carbocycles. The van der Waals surface area contributed by atoms with Crippen LogP contribution in [0.2, 0.25) is 0 Å². The monoisotopic (exact) mass is 291 g/mol. The van der Waals surface area contributed by atoms with Crippen LogP contribution in [-0.2, 0) is 4.74 Å². The van der Waals surface area contributed by atoms with Gasteiger partial charge in [-0.2, -0.15) is 0 Å². The van der Waals surface area contributed by atoms with Crippen molar-refractivity contribution in [2.24, 2.45) is 0 Å². The molecule has 5 heteroatoms. The van der Waals surface area contributed by atoms with Crippen LogP contribution in [0.4, 0.5) is 10.5 Å². The SMILES string of the molecule is Cc1cc(C)c(NC(=O)NCCN2CCOCC2)cc1C. The van der Waals surface area contributed by atoms with Crippen molar-refractivity contribution in [3.63, 3.8) is 0 Å². The molecule has 0 radical (unpaired) electrons.